The molecular formula is C23H27N5OS. The molecular weight excluding hydrogens is 394 g/mol. The fraction of sp³-hybridized carbons (Fsp3) is 0.391. The van der Waals surface area contributed by atoms with Crippen molar-refractivity contribution >= 4 is 17.7 Å². The molecule has 1 fully saturated rings. The second kappa shape index (κ2) is 9.89. The molecule has 30 heavy (non-hydrogen) atoms. The molecule has 0 bridgehead atoms. The lowest BCUT2D eigenvalue weighted by Gasteiger charge is -2.31. The topological polar surface area (TPSA) is 72.7 Å². The summed E-state index contributed by atoms with van der Waals surface area (Å²) in [5.41, 5.74) is 2.05. The molecule has 0 saturated heterocycles. The van der Waals surface area contributed by atoms with Crippen LogP contribution in [0.4, 0.5) is 0 Å². The van der Waals surface area contributed by atoms with Gasteiger partial charge in [-0.15, -0.1) is 10.2 Å². The maximum atomic E-state index is 12.4. The van der Waals surface area contributed by atoms with E-state index in [9.17, 15) is 4.79 Å². The molecule has 3 aromatic rings. The molecule has 1 amide bonds. The van der Waals surface area contributed by atoms with Gasteiger partial charge in [-0.05, 0) is 36.5 Å². The lowest BCUT2D eigenvalue weighted by atomic mass is 9.85. The van der Waals surface area contributed by atoms with Gasteiger partial charge >= 0.3 is 0 Å². The summed E-state index contributed by atoms with van der Waals surface area (Å²) >= 11 is 1.46. The van der Waals surface area contributed by atoms with Crippen LogP contribution in [-0.4, -0.2) is 31.4 Å². The van der Waals surface area contributed by atoms with E-state index in [1.54, 1.807) is 6.20 Å². The van der Waals surface area contributed by atoms with E-state index < -0.39 is 0 Å². The Morgan fingerprint density at radius 1 is 1.13 bits per heavy atom. The molecule has 0 spiro atoms. The van der Waals surface area contributed by atoms with Crippen LogP contribution >= 0.6 is 11.8 Å². The molecule has 2 aromatic heterocycles. The van der Waals surface area contributed by atoms with Crippen molar-refractivity contribution in [1.82, 2.24) is 25.1 Å². The molecule has 1 aliphatic carbocycles. The van der Waals surface area contributed by atoms with Crippen LogP contribution in [0.1, 0.15) is 44.2 Å². The number of carbonyl (C=O) groups is 1. The highest BCUT2D eigenvalue weighted by molar-refractivity contribution is 7.99. The number of hydrogen-bond donors (Lipinski definition) is 1. The standard InChI is InChI=1S/C23H27N5OS/c1-17-8-5-6-12-20(17)28-22(19-11-7-13-24-15-19)26-27-23(28)30-16-21(29)25-14-18-9-3-2-4-10-18/h2-4,7,9-11,13,15,17,20H,5-6,8,12,14,16H2,1H3,(H,25,29). The summed E-state index contributed by atoms with van der Waals surface area (Å²) in [5, 5.41) is 12.7. The molecule has 0 radical (unpaired) electrons. The largest absolute Gasteiger partial charge is 0.351 e. The molecule has 0 aliphatic heterocycles. The minimum absolute atomic E-state index is 0.00183. The van der Waals surface area contributed by atoms with Crippen LogP contribution in [0.2, 0.25) is 0 Å². The summed E-state index contributed by atoms with van der Waals surface area (Å²) in [6.45, 7) is 2.84. The molecule has 6 nitrogen and oxygen atoms in total. The number of amides is 1. The van der Waals surface area contributed by atoms with Gasteiger partial charge in [-0.25, -0.2) is 0 Å². The monoisotopic (exact) mass is 421 g/mol. The highest BCUT2D eigenvalue weighted by Gasteiger charge is 2.28. The summed E-state index contributed by atoms with van der Waals surface area (Å²) in [4.78, 5) is 16.7. The first-order valence-corrected chi connectivity index (χ1v) is 11.5. The maximum Gasteiger partial charge on any atom is 0.230 e. The summed E-state index contributed by atoms with van der Waals surface area (Å²) < 4.78 is 2.25. The van der Waals surface area contributed by atoms with Crippen LogP contribution in [0.3, 0.4) is 0 Å². The van der Waals surface area contributed by atoms with E-state index in [4.69, 9.17) is 0 Å². The Morgan fingerprint density at radius 3 is 2.73 bits per heavy atom. The Kier molecular flexibility index (Phi) is 6.79. The number of carbonyl (C=O) groups excluding carboxylic acids is 1. The molecule has 2 heterocycles. The van der Waals surface area contributed by atoms with E-state index in [-0.39, 0.29) is 5.91 Å². The van der Waals surface area contributed by atoms with Crippen molar-refractivity contribution < 1.29 is 4.79 Å². The second-order valence-electron chi connectivity index (χ2n) is 7.80. The molecule has 1 aliphatic rings. The SMILES string of the molecule is CC1CCCCC1n1c(SCC(=O)NCc2ccccc2)nnc1-c1cccnc1. The van der Waals surface area contributed by atoms with E-state index in [2.05, 4.69) is 32.0 Å². The summed E-state index contributed by atoms with van der Waals surface area (Å²) in [5.74, 6) is 1.71. The summed E-state index contributed by atoms with van der Waals surface area (Å²) in [6, 6.07) is 14.2. The number of nitrogens with zero attached hydrogens (tertiary/aromatic N) is 4. The first-order valence-electron chi connectivity index (χ1n) is 10.5. The molecule has 1 saturated carbocycles. The van der Waals surface area contributed by atoms with Gasteiger partial charge in [-0.2, -0.15) is 0 Å². The molecule has 156 valence electrons. The fourth-order valence-electron chi connectivity index (χ4n) is 4.02. The van der Waals surface area contributed by atoms with E-state index in [0.717, 1.165) is 28.5 Å². The summed E-state index contributed by atoms with van der Waals surface area (Å²) in [7, 11) is 0. The zero-order valence-electron chi connectivity index (χ0n) is 17.2. The van der Waals surface area contributed by atoms with Crippen molar-refractivity contribution in [2.45, 2.75) is 50.4 Å². The van der Waals surface area contributed by atoms with Crippen LogP contribution in [0.25, 0.3) is 11.4 Å². The van der Waals surface area contributed by atoms with Gasteiger partial charge < -0.3 is 5.32 Å². The first-order chi connectivity index (χ1) is 14.7. The number of aromatic nitrogens is 4. The van der Waals surface area contributed by atoms with E-state index in [1.165, 1.54) is 31.0 Å². The van der Waals surface area contributed by atoms with Crippen molar-refractivity contribution in [1.29, 1.82) is 0 Å². The van der Waals surface area contributed by atoms with Gasteiger partial charge in [0.25, 0.3) is 0 Å². The van der Waals surface area contributed by atoms with Gasteiger partial charge in [0.05, 0.1) is 5.75 Å². The minimum atomic E-state index is -0.00183. The highest BCUT2D eigenvalue weighted by Crippen LogP contribution is 2.38. The molecule has 7 heteroatoms. The van der Waals surface area contributed by atoms with Crippen LogP contribution < -0.4 is 5.32 Å². The average Bonchev–Trinajstić information content (AvgIpc) is 3.21. The Morgan fingerprint density at radius 2 is 1.97 bits per heavy atom. The normalized spacial score (nSPS) is 18.8. The molecule has 2 atom stereocenters. The van der Waals surface area contributed by atoms with Gasteiger partial charge in [0.1, 0.15) is 0 Å². The third-order valence-corrected chi connectivity index (χ3v) is 6.59. The van der Waals surface area contributed by atoms with Crippen LogP contribution in [0, 0.1) is 5.92 Å². The number of rotatable bonds is 7. The zero-order valence-corrected chi connectivity index (χ0v) is 18.0. The molecule has 1 N–H and O–H groups in total. The maximum absolute atomic E-state index is 12.4. The first kappa shape index (κ1) is 20.6. The van der Waals surface area contributed by atoms with Crippen molar-refractivity contribution in [2.24, 2.45) is 5.92 Å². The van der Waals surface area contributed by atoms with Gasteiger partial charge in [0.15, 0.2) is 11.0 Å². The number of pyridine rings is 1. The third-order valence-electron chi connectivity index (χ3n) is 5.65. The second-order valence-corrected chi connectivity index (χ2v) is 8.74. The smallest absolute Gasteiger partial charge is 0.230 e. The number of benzene rings is 1. The quantitative estimate of drug-likeness (QED) is 0.569. The predicted molar refractivity (Wildman–Crippen MR) is 119 cm³/mol. The molecule has 1 aromatic carbocycles. The van der Waals surface area contributed by atoms with Gasteiger partial charge in [-0.1, -0.05) is 61.9 Å². The van der Waals surface area contributed by atoms with E-state index >= 15 is 0 Å². The minimum Gasteiger partial charge on any atom is -0.351 e. The molecule has 4 rings (SSSR count). The number of thioether (sulfide) groups is 1. The summed E-state index contributed by atoms with van der Waals surface area (Å²) in [6.07, 6.45) is 8.39. The van der Waals surface area contributed by atoms with Gasteiger partial charge in [0, 0.05) is 30.5 Å². The average molecular weight is 422 g/mol. The van der Waals surface area contributed by atoms with Crippen molar-refractivity contribution in [2.75, 3.05) is 5.75 Å². The van der Waals surface area contributed by atoms with Crippen molar-refractivity contribution in [3.63, 3.8) is 0 Å². The highest BCUT2D eigenvalue weighted by atomic mass is 32.2. The molecule has 2 unspecified atom stereocenters. The lowest BCUT2D eigenvalue weighted by Crippen LogP contribution is -2.25. The van der Waals surface area contributed by atoms with Gasteiger partial charge in [0.2, 0.25) is 5.91 Å². The Balaban J connectivity index is 1.49. The predicted octanol–water partition coefficient (Wildman–Crippen LogP) is 4.50. The van der Waals surface area contributed by atoms with Crippen molar-refractivity contribution in [3.05, 3.63) is 60.4 Å². The number of nitrogens with one attached hydrogen (secondary N) is 1. The van der Waals surface area contributed by atoms with Crippen LogP contribution in [0.15, 0.2) is 60.0 Å². The van der Waals surface area contributed by atoms with Gasteiger partial charge in [-0.3, -0.25) is 14.3 Å². The van der Waals surface area contributed by atoms with E-state index in [0.29, 0.717) is 24.3 Å². The lowest BCUT2D eigenvalue weighted by molar-refractivity contribution is -0.118. The Labute approximate surface area is 181 Å². The Bertz CT molecular complexity index is 960. The van der Waals surface area contributed by atoms with E-state index in [1.807, 2.05) is 48.7 Å². The van der Waals surface area contributed by atoms with Crippen LogP contribution in [-0.2, 0) is 11.3 Å². The number of hydrogen-bond acceptors (Lipinski definition) is 5. The third kappa shape index (κ3) is 4.90. The zero-order chi connectivity index (χ0) is 20.8. The fourth-order valence-corrected chi connectivity index (χ4v) is 4.85. The Hall–Kier alpha value is -2.67. The van der Waals surface area contributed by atoms with Crippen molar-refractivity contribution in [3.8, 4) is 11.4 Å². The van der Waals surface area contributed by atoms with Crippen LogP contribution in [0.5, 0.6) is 0 Å².